The quantitative estimate of drug-likeness (QED) is 0.474. The van der Waals surface area contributed by atoms with Gasteiger partial charge >= 0.3 is 5.97 Å². The van der Waals surface area contributed by atoms with Gasteiger partial charge < -0.3 is 10.4 Å². The fraction of sp³-hybridized carbons (Fsp3) is 0.167. The monoisotopic (exact) mass is 280 g/mol. The largest absolute Gasteiger partial charge is 0.480 e. The fourth-order valence-corrected chi connectivity index (χ4v) is 1.40. The lowest BCUT2D eigenvalue weighted by Gasteiger charge is -2.11. The molecule has 1 atom stereocenters. The second kappa shape index (κ2) is 6.29. The van der Waals surface area contributed by atoms with Crippen LogP contribution in [0.5, 0.6) is 0 Å². The topological polar surface area (TPSA) is 110 Å². The van der Waals surface area contributed by atoms with Crippen molar-refractivity contribution in [2.24, 2.45) is 0 Å². The summed E-state index contributed by atoms with van der Waals surface area (Å²) in [6.45, 7) is 0. The number of nitrogens with zero attached hydrogens (tertiary/aromatic N) is 1. The van der Waals surface area contributed by atoms with Crippen molar-refractivity contribution in [3.63, 3.8) is 0 Å². The molecule has 0 fully saturated rings. The Morgan fingerprint density at radius 3 is 2.70 bits per heavy atom. The summed E-state index contributed by atoms with van der Waals surface area (Å²) >= 11 is 0. The van der Waals surface area contributed by atoms with E-state index in [1.165, 1.54) is 0 Å². The van der Waals surface area contributed by atoms with E-state index < -0.39 is 39.9 Å². The van der Waals surface area contributed by atoms with Crippen LogP contribution < -0.4 is 5.32 Å². The minimum atomic E-state index is -1.41. The highest BCUT2D eigenvalue weighted by molar-refractivity contribution is 6.00. The normalized spacial score (nSPS) is 11.2. The first-order valence-corrected chi connectivity index (χ1v) is 5.28. The summed E-state index contributed by atoms with van der Waals surface area (Å²) in [5, 5.41) is 21.6. The number of terminal acetylenes is 1. The zero-order valence-corrected chi connectivity index (χ0v) is 10.00. The third kappa shape index (κ3) is 3.52. The maximum atomic E-state index is 13.1. The third-order valence-electron chi connectivity index (χ3n) is 2.33. The van der Waals surface area contributed by atoms with Crippen molar-refractivity contribution < 1.29 is 24.0 Å². The number of amides is 1. The Bertz CT molecular complexity index is 608. The highest BCUT2D eigenvalue weighted by Crippen LogP contribution is 2.19. The molecule has 104 valence electrons. The number of rotatable bonds is 5. The maximum Gasteiger partial charge on any atom is 0.327 e. The van der Waals surface area contributed by atoms with Gasteiger partial charge in [-0.2, -0.15) is 0 Å². The molecular formula is C12H9FN2O5. The molecule has 1 unspecified atom stereocenters. The van der Waals surface area contributed by atoms with Crippen LogP contribution in [0.4, 0.5) is 10.1 Å². The van der Waals surface area contributed by atoms with Crippen LogP contribution in [-0.4, -0.2) is 27.9 Å². The molecule has 1 aromatic carbocycles. The van der Waals surface area contributed by atoms with Crippen LogP contribution in [-0.2, 0) is 4.79 Å². The molecule has 7 nitrogen and oxygen atoms in total. The van der Waals surface area contributed by atoms with Crippen LogP contribution in [0.25, 0.3) is 0 Å². The average molecular weight is 280 g/mol. The number of hydrogen-bond donors (Lipinski definition) is 2. The number of carbonyl (C=O) groups excluding carboxylic acids is 1. The van der Waals surface area contributed by atoms with Crippen LogP contribution in [0.3, 0.4) is 0 Å². The zero-order chi connectivity index (χ0) is 15.3. The van der Waals surface area contributed by atoms with Crippen molar-refractivity contribution in [3.8, 4) is 12.3 Å². The van der Waals surface area contributed by atoms with E-state index in [4.69, 9.17) is 11.5 Å². The molecule has 0 aliphatic heterocycles. The lowest BCUT2D eigenvalue weighted by molar-refractivity contribution is -0.385. The van der Waals surface area contributed by atoms with Gasteiger partial charge in [-0.25, -0.2) is 9.18 Å². The van der Waals surface area contributed by atoms with E-state index in [1.807, 2.05) is 5.32 Å². The first-order chi connectivity index (χ1) is 9.36. The number of benzene rings is 1. The third-order valence-corrected chi connectivity index (χ3v) is 2.33. The molecule has 0 aliphatic carbocycles. The Morgan fingerprint density at radius 2 is 2.20 bits per heavy atom. The standard InChI is InChI=1S/C12H9FN2O5/c1-2-3-9(12(17)18)14-11(16)8-6-7(13)4-5-10(8)15(19)20/h1,4-6,9H,3H2,(H,14,16)(H,17,18). The molecule has 20 heavy (non-hydrogen) atoms. The number of nitrogens with one attached hydrogen (secondary N) is 1. The Hall–Kier alpha value is -2.95. The lowest BCUT2D eigenvalue weighted by Crippen LogP contribution is -2.40. The fourth-order valence-electron chi connectivity index (χ4n) is 1.40. The smallest absolute Gasteiger partial charge is 0.327 e. The molecule has 0 aromatic heterocycles. The lowest BCUT2D eigenvalue weighted by atomic mass is 10.1. The Morgan fingerprint density at radius 1 is 1.55 bits per heavy atom. The van der Waals surface area contributed by atoms with Gasteiger partial charge in [-0.05, 0) is 12.1 Å². The van der Waals surface area contributed by atoms with Crippen LogP contribution in [0.15, 0.2) is 18.2 Å². The van der Waals surface area contributed by atoms with E-state index in [-0.39, 0.29) is 6.42 Å². The summed E-state index contributed by atoms with van der Waals surface area (Å²) < 4.78 is 13.1. The molecular weight excluding hydrogens is 271 g/mol. The molecule has 1 amide bonds. The second-order valence-electron chi connectivity index (χ2n) is 3.69. The molecule has 0 bridgehead atoms. The molecule has 0 spiro atoms. The van der Waals surface area contributed by atoms with Crippen molar-refractivity contribution in [3.05, 3.63) is 39.7 Å². The molecule has 0 aliphatic rings. The van der Waals surface area contributed by atoms with Crippen LogP contribution in [0.2, 0.25) is 0 Å². The molecule has 2 N–H and O–H groups in total. The molecule has 0 radical (unpaired) electrons. The minimum absolute atomic E-state index is 0.301. The maximum absolute atomic E-state index is 13.1. The van der Waals surface area contributed by atoms with Crippen LogP contribution in [0, 0.1) is 28.3 Å². The predicted octanol–water partition coefficient (Wildman–Crippen LogP) is 0.940. The Balaban J connectivity index is 3.08. The number of nitro benzene ring substituents is 1. The van der Waals surface area contributed by atoms with Crippen LogP contribution >= 0.6 is 0 Å². The average Bonchev–Trinajstić information content (AvgIpc) is 2.37. The molecule has 0 heterocycles. The number of hydrogen-bond acceptors (Lipinski definition) is 4. The van der Waals surface area contributed by atoms with Gasteiger partial charge in [-0.3, -0.25) is 14.9 Å². The van der Waals surface area contributed by atoms with Gasteiger partial charge in [0.1, 0.15) is 17.4 Å². The van der Waals surface area contributed by atoms with Gasteiger partial charge in [0.15, 0.2) is 0 Å². The molecule has 1 rings (SSSR count). The summed E-state index contributed by atoms with van der Waals surface area (Å²) in [5.74, 6) is -1.28. The molecule has 8 heteroatoms. The Kier molecular flexibility index (Phi) is 4.75. The first kappa shape index (κ1) is 15.1. The van der Waals surface area contributed by atoms with Gasteiger partial charge in [-0.15, -0.1) is 12.3 Å². The summed E-state index contributed by atoms with van der Waals surface area (Å²) in [7, 11) is 0. The summed E-state index contributed by atoms with van der Waals surface area (Å²) in [6, 6.07) is 0.893. The SMILES string of the molecule is C#CCC(NC(=O)c1cc(F)ccc1[N+](=O)[O-])C(=O)O. The molecule has 0 saturated carbocycles. The van der Waals surface area contributed by atoms with Gasteiger partial charge in [0, 0.05) is 12.5 Å². The number of halogens is 1. The van der Waals surface area contributed by atoms with Crippen molar-refractivity contribution >= 4 is 17.6 Å². The number of carboxylic acids is 1. The second-order valence-corrected chi connectivity index (χ2v) is 3.69. The van der Waals surface area contributed by atoms with Crippen molar-refractivity contribution in [1.29, 1.82) is 0 Å². The molecule has 0 saturated heterocycles. The molecule has 1 aromatic rings. The van der Waals surface area contributed by atoms with Crippen LogP contribution in [0.1, 0.15) is 16.8 Å². The van der Waals surface area contributed by atoms with Crippen molar-refractivity contribution in [2.75, 3.05) is 0 Å². The number of carbonyl (C=O) groups is 2. The number of aliphatic carboxylic acids is 1. The van der Waals surface area contributed by atoms with Gasteiger partial charge in [0.05, 0.1) is 4.92 Å². The summed E-state index contributed by atoms with van der Waals surface area (Å²) in [4.78, 5) is 32.5. The van der Waals surface area contributed by atoms with Crippen molar-refractivity contribution in [1.82, 2.24) is 5.32 Å². The first-order valence-electron chi connectivity index (χ1n) is 5.28. The highest BCUT2D eigenvalue weighted by Gasteiger charge is 2.25. The van der Waals surface area contributed by atoms with Gasteiger partial charge in [0.2, 0.25) is 0 Å². The summed E-state index contributed by atoms with van der Waals surface area (Å²) in [6.07, 6.45) is 4.65. The van der Waals surface area contributed by atoms with E-state index in [1.54, 1.807) is 0 Å². The van der Waals surface area contributed by atoms with E-state index in [0.29, 0.717) is 6.07 Å². The Labute approximate surface area is 112 Å². The van der Waals surface area contributed by atoms with Gasteiger partial charge in [0.25, 0.3) is 11.6 Å². The van der Waals surface area contributed by atoms with E-state index in [9.17, 15) is 24.1 Å². The van der Waals surface area contributed by atoms with Crippen molar-refractivity contribution in [2.45, 2.75) is 12.5 Å². The highest BCUT2D eigenvalue weighted by atomic mass is 19.1. The number of nitro groups is 1. The van der Waals surface area contributed by atoms with Gasteiger partial charge in [-0.1, -0.05) is 0 Å². The van der Waals surface area contributed by atoms with E-state index >= 15 is 0 Å². The summed E-state index contributed by atoms with van der Waals surface area (Å²) in [5.41, 5.74) is -1.20. The zero-order valence-electron chi connectivity index (χ0n) is 10.00. The van der Waals surface area contributed by atoms with E-state index in [2.05, 4.69) is 5.92 Å². The number of carboxylic acid groups (broad SMARTS) is 1. The minimum Gasteiger partial charge on any atom is -0.480 e. The van der Waals surface area contributed by atoms with E-state index in [0.717, 1.165) is 12.1 Å². The predicted molar refractivity (Wildman–Crippen MR) is 65.4 cm³/mol.